The van der Waals surface area contributed by atoms with Gasteiger partial charge >= 0.3 is 0 Å². The Morgan fingerprint density at radius 1 is 1.32 bits per heavy atom. The largest absolute Gasteiger partial charge is 0.494 e. The van der Waals surface area contributed by atoms with Crippen LogP contribution in [0.4, 0.5) is 0 Å². The molecule has 0 saturated carbocycles. The zero-order valence-corrected chi connectivity index (χ0v) is 13.9. The molecule has 122 valence electrons. The molecule has 2 amide bonds. The number of likely N-dealkylation sites (N-methyl/N-ethyl adjacent to an activating group) is 1. The number of nitrogens with one attached hydrogen (secondary N) is 1. The maximum absolute atomic E-state index is 11.9. The van der Waals surface area contributed by atoms with Gasteiger partial charge in [0.15, 0.2) is 0 Å². The first-order valence-corrected chi connectivity index (χ1v) is 7.61. The minimum atomic E-state index is -0.137. The highest BCUT2D eigenvalue weighted by Gasteiger charge is 2.13. The lowest BCUT2D eigenvalue weighted by Gasteiger charge is -2.18. The molecule has 0 aromatic heterocycles. The van der Waals surface area contributed by atoms with E-state index in [2.05, 4.69) is 5.32 Å². The number of amides is 2. The van der Waals surface area contributed by atoms with Crippen LogP contribution in [0.15, 0.2) is 24.3 Å². The molecule has 0 aliphatic carbocycles. The van der Waals surface area contributed by atoms with E-state index in [-0.39, 0.29) is 24.4 Å². The van der Waals surface area contributed by atoms with Gasteiger partial charge in [-0.25, -0.2) is 0 Å². The molecule has 1 aromatic rings. The van der Waals surface area contributed by atoms with E-state index in [1.165, 1.54) is 4.90 Å². The van der Waals surface area contributed by atoms with E-state index >= 15 is 0 Å². The molecule has 1 aromatic carbocycles. The molecule has 0 radical (unpaired) electrons. The molecule has 0 bridgehead atoms. The van der Waals surface area contributed by atoms with E-state index in [4.69, 9.17) is 4.74 Å². The molecule has 1 N–H and O–H groups in total. The Balaban J connectivity index is 2.23. The van der Waals surface area contributed by atoms with Crippen LogP contribution in [0, 0.1) is 6.92 Å². The molecule has 0 saturated heterocycles. The summed E-state index contributed by atoms with van der Waals surface area (Å²) in [4.78, 5) is 25.0. The summed E-state index contributed by atoms with van der Waals surface area (Å²) < 4.78 is 5.60. The Labute approximate surface area is 132 Å². The fraction of sp³-hybridized carbons (Fsp3) is 0.529. The van der Waals surface area contributed by atoms with Crippen molar-refractivity contribution in [2.45, 2.75) is 39.7 Å². The Kier molecular flexibility index (Phi) is 7.43. The molecule has 1 rings (SSSR count). The molecular formula is C17H26N2O3. The molecule has 0 aliphatic rings. The average molecular weight is 306 g/mol. The van der Waals surface area contributed by atoms with E-state index in [1.54, 1.807) is 7.05 Å². The number of ether oxygens (including phenoxy) is 1. The van der Waals surface area contributed by atoms with Crippen LogP contribution in [-0.2, 0) is 9.59 Å². The number of hydrogen-bond donors (Lipinski definition) is 1. The third-order valence-electron chi connectivity index (χ3n) is 3.05. The van der Waals surface area contributed by atoms with Crippen molar-refractivity contribution in [2.24, 2.45) is 0 Å². The predicted octanol–water partition coefficient (Wildman–Crippen LogP) is 2.14. The molecular weight excluding hydrogens is 280 g/mol. The molecule has 5 heteroatoms. The molecule has 0 spiro atoms. The van der Waals surface area contributed by atoms with Crippen molar-refractivity contribution in [1.82, 2.24) is 10.2 Å². The maximum Gasteiger partial charge on any atom is 0.239 e. The highest BCUT2D eigenvalue weighted by Crippen LogP contribution is 2.12. The van der Waals surface area contributed by atoms with Gasteiger partial charge in [-0.1, -0.05) is 12.1 Å². The number of rotatable bonds is 8. The second-order valence-electron chi connectivity index (χ2n) is 5.74. The topological polar surface area (TPSA) is 58.6 Å². The van der Waals surface area contributed by atoms with E-state index in [0.29, 0.717) is 19.4 Å². The van der Waals surface area contributed by atoms with Gasteiger partial charge in [0.1, 0.15) is 5.75 Å². The molecule has 0 aliphatic heterocycles. The van der Waals surface area contributed by atoms with Crippen molar-refractivity contribution >= 4 is 11.8 Å². The fourth-order valence-corrected chi connectivity index (χ4v) is 1.98. The summed E-state index contributed by atoms with van der Waals surface area (Å²) in [5.41, 5.74) is 1.14. The van der Waals surface area contributed by atoms with E-state index in [0.717, 1.165) is 11.3 Å². The molecule has 0 atom stereocenters. The van der Waals surface area contributed by atoms with Crippen LogP contribution >= 0.6 is 0 Å². The number of carbonyl (C=O) groups excluding carboxylic acids is 2. The fourth-order valence-electron chi connectivity index (χ4n) is 1.98. The Bertz CT molecular complexity index is 500. The average Bonchev–Trinajstić information content (AvgIpc) is 2.42. The molecule has 0 heterocycles. The highest BCUT2D eigenvalue weighted by atomic mass is 16.5. The summed E-state index contributed by atoms with van der Waals surface area (Å²) in [5.74, 6) is 0.630. The van der Waals surface area contributed by atoms with Crippen molar-refractivity contribution in [3.63, 3.8) is 0 Å². The number of benzene rings is 1. The maximum atomic E-state index is 11.9. The third kappa shape index (κ3) is 7.11. The van der Waals surface area contributed by atoms with Crippen LogP contribution in [0.25, 0.3) is 0 Å². The van der Waals surface area contributed by atoms with Gasteiger partial charge in [0.2, 0.25) is 11.8 Å². The summed E-state index contributed by atoms with van der Waals surface area (Å²) in [5, 5.41) is 2.77. The van der Waals surface area contributed by atoms with Gasteiger partial charge in [-0.05, 0) is 44.9 Å². The first kappa shape index (κ1) is 18.0. The summed E-state index contributed by atoms with van der Waals surface area (Å²) >= 11 is 0. The molecule has 22 heavy (non-hydrogen) atoms. The summed E-state index contributed by atoms with van der Waals surface area (Å²) in [6.07, 6.45) is 1.00. The second kappa shape index (κ2) is 9.07. The smallest absolute Gasteiger partial charge is 0.239 e. The van der Waals surface area contributed by atoms with Crippen LogP contribution in [0.2, 0.25) is 0 Å². The van der Waals surface area contributed by atoms with Gasteiger partial charge in [-0.15, -0.1) is 0 Å². The molecule has 0 unspecified atom stereocenters. The van der Waals surface area contributed by atoms with Crippen LogP contribution in [0.3, 0.4) is 0 Å². The van der Waals surface area contributed by atoms with Crippen molar-refractivity contribution in [3.05, 3.63) is 29.8 Å². The molecule has 0 fully saturated rings. The lowest BCUT2D eigenvalue weighted by molar-refractivity contribution is -0.135. The zero-order chi connectivity index (χ0) is 16.5. The van der Waals surface area contributed by atoms with Gasteiger partial charge in [0.05, 0.1) is 13.2 Å². The number of nitrogens with zero attached hydrogens (tertiary/aromatic N) is 1. The van der Waals surface area contributed by atoms with Crippen molar-refractivity contribution in [2.75, 3.05) is 20.2 Å². The lowest BCUT2D eigenvalue weighted by atomic mass is 10.2. The van der Waals surface area contributed by atoms with Gasteiger partial charge in [0, 0.05) is 19.5 Å². The molecule has 5 nitrogen and oxygen atoms in total. The van der Waals surface area contributed by atoms with Gasteiger partial charge in [-0.2, -0.15) is 0 Å². The first-order chi connectivity index (χ1) is 10.4. The Morgan fingerprint density at radius 2 is 2.05 bits per heavy atom. The predicted molar refractivity (Wildman–Crippen MR) is 86.8 cm³/mol. The summed E-state index contributed by atoms with van der Waals surface area (Å²) in [7, 11) is 1.64. The van der Waals surface area contributed by atoms with Gasteiger partial charge in [-0.3, -0.25) is 9.59 Å². The Hall–Kier alpha value is -2.04. The standard InChI is InChI=1S/C17H26N2O3/c1-13(2)18-16(20)12-19(4)17(21)9-6-10-22-15-8-5-7-14(3)11-15/h5,7-8,11,13H,6,9-10,12H2,1-4H3,(H,18,20). The van der Waals surface area contributed by atoms with Crippen LogP contribution in [0.1, 0.15) is 32.3 Å². The van der Waals surface area contributed by atoms with Crippen molar-refractivity contribution < 1.29 is 14.3 Å². The number of aryl methyl sites for hydroxylation is 1. The number of hydrogen-bond acceptors (Lipinski definition) is 3. The van der Waals surface area contributed by atoms with Crippen molar-refractivity contribution in [1.29, 1.82) is 0 Å². The SMILES string of the molecule is Cc1cccc(OCCCC(=O)N(C)CC(=O)NC(C)C)c1. The summed E-state index contributed by atoms with van der Waals surface area (Å²) in [6.45, 7) is 6.37. The van der Waals surface area contributed by atoms with Gasteiger partial charge < -0.3 is 15.0 Å². The minimum Gasteiger partial charge on any atom is -0.494 e. The zero-order valence-electron chi connectivity index (χ0n) is 13.9. The van der Waals surface area contributed by atoms with Crippen LogP contribution in [0.5, 0.6) is 5.75 Å². The highest BCUT2D eigenvalue weighted by molar-refractivity contribution is 5.84. The number of carbonyl (C=O) groups is 2. The lowest BCUT2D eigenvalue weighted by Crippen LogP contribution is -2.40. The normalized spacial score (nSPS) is 10.4. The third-order valence-corrected chi connectivity index (χ3v) is 3.05. The quantitative estimate of drug-likeness (QED) is 0.749. The van der Waals surface area contributed by atoms with Crippen LogP contribution in [-0.4, -0.2) is 43.0 Å². The Morgan fingerprint density at radius 3 is 2.68 bits per heavy atom. The van der Waals surface area contributed by atoms with Crippen molar-refractivity contribution in [3.8, 4) is 5.75 Å². The van der Waals surface area contributed by atoms with E-state index in [9.17, 15) is 9.59 Å². The van der Waals surface area contributed by atoms with Gasteiger partial charge in [0.25, 0.3) is 0 Å². The van der Waals surface area contributed by atoms with E-state index < -0.39 is 0 Å². The first-order valence-electron chi connectivity index (χ1n) is 7.61. The minimum absolute atomic E-state index is 0.0493. The summed E-state index contributed by atoms with van der Waals surface area (Å²) in [6, 6.07) is 7.89. The van der Waals surface area contributed by atoms with Crippen LogP contribution < -0.4 is 10.1 Å². The van der Waals surface area contributed by atoms with E-state index in [1.807, 2.05) is 45.0 Å². The second-order valence-corrected chi connectivity index (χ2v) is 5.74. The monoisotopic (exact) mass is 306 g/mol.